The lowest BCUT2D eigenvalue weighted by atomic mass is 9.81. The van der Waals surface area contributed by atoms with Crippen molar-refractivity contribution >= 4 is 5.78 Å². The summed E-state index contributed by atoms with van der Waals surface area (Å²) in [5, 5.41) is 4.60. The maximum absolute atomic E-state index is 11.9. The molecule has 2 fully saturated rings. The molecule has 0 radical (unpaired) electrons. The molecule has 0 bridgehead atoms. The monoisotopic (exact) mass is 331 g/mol. The summed E-state index contributed by atoms with van der Waals surface area (Å²) in [5.41, 5.74) is 1.34. The number of piperidine rings is 1. The summed E-state index contributed by atoms with van der Waals surface area (Å²) in [6.45, 7) is 8.81. The Morgan fingerprint density at radius 2 is 1.79 bits per heavy atom. The number of carbonyl (C=O) groups excluding carboxylic acids is 1. The molecule has 0 amide bonds. The molecule has 0 atom stereocenters. The number of hydrogen-bond acceptors (Lipinski definition) is 3. The lowest BCUT2D eigenvalue weighted by Gasteiger charge is -2.40. The molecule has 2 heterocycles. The summed E-state index contributed by atoms with van der Waals surface area (Å²) in [6, 6.07) is 1.27. The molecule has 1 saturated heterocycles. The highest BCUT2D eigenvalue weighted by Crippen LogP contribution is 2.32. The van der Waals surface area contributed by atoms with Crippen LogP contribution in [-0.4, -0.2) is 39.6 Å². The van der Waals surface area contributed by atoms with Gasteiger partial charge in [-0.3, -0.25) is 9.48 Å². The molecule has 3 rings (SSSR count). The van der Waals surface area contributed by atoms with Crippen molar-refractivity contribution in [3.63, 3.8) is 0 Å². The largest absolute Gasteiger partial charge is 0.300 e. The third-order valence-corrected chi connectivity index (χ3v) is 6.18. The van der Waals surface area contributed by atoms with Gasteiger partial charge < -0.3 is 4.90 Å². The van der Waals surface area contributed by atoms with Crippen LogP contribution in [0.4, 0.5) is 0 Å². The van der Waals surface area contributed by atoms with E-state index >= 15 is 0 Å². The van der Waals surface area contributed by atoms with Crippen LogP contribution in [0.3, 0.4) is 0 Å². The van der Waals surface area contributed by atoms with Crippen LogP contribution in [0.2, 0.25) is 0 Å². The minimum absolute atomic E-state index is 0.349. The van der Waals surface area contributed by atoms with Gasteiger partial charge in [0.25, 0.3) is 0 Å². The molecule has 1 saturated carbocycles. The Morgan fingerprint density at radius 1 is 1.12 bits per heavy atom. The van der Waals surface area contributed by atoms with Crippen molar-refractivity contribution in [1.82, 2.24) is 14.7 Å². The number of carbonyl (C=O) groups is 1. The average Bonchev–Trinajstić information content (AvgIpc) is 3.12. The van der Waals surface area contributed by atoms with Gasteiger partial charge in [0.1, 0.15) is 5.78 Å². The topological polar surface area (TPSA) is 38.1 Å². The molecule has 0 N–H and O–H groups in total. The summed E-state index contributed by atoms with van der Waals surface area (Å²) in [5.74, 6) is 1.38. The summed E-state index contributed by atoms with van der Waals surface area (Å²) < 4.78 is 2.20. The molecule has 2 aliphatic rings. The molecule has 1 aromatic rings. The molecular weight excluding hydrogens is 298 g/mol. The van der Waals surface area contributed by atoms with E-state index < -0.39 is 0 Å². The highest BCUT2D eigenvalue weighted by molar-refractivity contribution is 5.80. The zero-order chi connectivity index (χ0) is 17.1. The molecule has 24 heavy (non-hydrogen) atoms. The molecule has 0 unspecified atom stereocenters. The SMILES string of the molecule is CCC(=O)[C@H]1CC[C@@H](N2CCC(n3cc(C(C)C)cn3)CC2)CC1. The lowest BCUT2D eigenvalue weighted by Crippen LogP contribution is -2.44. The molecule has 0 spiro atoms. The first kappa shape index (κ1) is 17.7. The number of likely N-dealkylation sites (tertiary alicyclic amines) is 1. The van der Waals surface area contributed by atoms with Crippen LogP contribution in [0.1, 0.15) is 83.2 Å². The zero-order valence-electron chi connectivity index (χ0n) is 15.6. The van der Waals surface area contributed by atoms with Crippen LogP contribution < -0.4 is 0 Å². The Hall–Kier alpha value is -1.16. The summed E-state index contributed by atoms with van der Waals surface area (Å²) >= 11 is 0. The van der Waals surface area contributed by atoms with Gasteiger partial charge in [-0.1, -0.05) is 20.8 Å². The van der Waals surface area contributed by atoms with Crippen molar-refractivity contribution in [3.05, 3.63) is 18.0 Å². The van der Waals surface area contributed by atoms with Crippen LogP contribution in [0, 0.1) is 5.92 Å². The Kier molecular flexibility index (Phi) is 5.75. The minimum Gasteiger partial charge on any atom is -0.300 e. The summed E-state index contributed by atoms with van der Waals surface area (Å²) in [4.78, 5) is 14.6. The van der Waals surface area contributed by atoms with Crippen molar-refractivity contribution in [2.45, 2.75) is 83.7 Å². The van der Waals surface area contributed by atoms with E-state index in [1.165, 1.54) is 44.3 Å². The predicted octanol–water partition coefficient (Wildman–Crippen LogP) is 4.18. The standard InChI is InChI=1S/C20H33N3O/c1-4-20(24)16-5-7-18(8-6-16)22-11-9-19(10-12-22)23-14-17(13-21-23)15(2)3/h13-16,18-19H,4-12H2,1-3H3/t16-,18+. The molecule has 4 nitrogen and oxygen atoms in total. The van der Waals surface area contributed by atoms with Crippen molar-refractivity contribution in [1.29, 1.82) is 0 Å². The predicted molar refractivity (Wildman–Crippen MR) is 97.2 cm³/mol. The molecule has 1 aliphatic heterocycles. The number of hydrogen-bond donors (Lipinski definition) is 0. The molecule has 1 aliphatic carbocycles. The van der Waals surface area contributed by atoms with Gasteiger partial charge in [-0.2, -0.15) is 5.10 Å². The Morgan fingerprint density at radius 3 is 2.33 bits per heavy atom. The highest BCUT2D eigenvalue weighted by atomic mass is 16.1. The lowest BCUT2D eigenvalue weighted by molar-refractivity contribution is -0.123. The first-order valence-electron chi connectivity index (χ1n) is 9.89. The number of ketones is 1. The quantitative estimate of drug-likeness (QED) is 0.812. The van der Waals surface area contributed by atoms with E-state index in [4.69, 9.17) is 0 Å². The summed E-state index contributed by atoms with van der Waals surface area (Å²) in [7, 11) is 0. The highest BCUT2D eigenvalue weighted by Gasteiger charge is 2.31. The average molecular weight is 332 g/mol. The first-order chi connectivity index (χ1) is 11.6. The van der Waals surface area contributed by atoms with E-state index in [0.717, 1.165) is 12.8 Å². The maximum atomic E-state index is 11.9. The third kappa shape index (κ3) is 3.90. The molecular formula is C20H33N3O. The van der Waals surface area contributed by atoms with E-state index in [1.54, 1.807) is 0 Å². The third-order valence-electron chi connectivity index (χ3n) is 6.18. The van der Waals surface area contributed by atoms with Crippen molar-refractivity contribution in [2.75, 3.05) is 13.1 Å². The van der Waals surface area contributed by atoms with Gasteiger partial charge in [-0.05, 0) is 50.0 Å². The molecule has 1 aromatic heterocycles. The van der Waals surface area contributed by atoms with Crippen LogP contribution in [0.15, 0.2) is 12.4 Å². The fourth-order valence-corrected chi connectivity index (χ4v) is 4.42. The zero-order valence-corrected chi connectivity index (χ0v) is 15.6. The fraction of sp³-hybridized carbons (Fsp3) is 0.800. The van der Waals surface area contributed by atoms with Crippen molar-refractivity contribution in [3.8, 4) is 0 Å². The second-order valence-electron chi connectivity index (χ2n) is 8.00. The van der Waals surface area contributed by atoms with Crippen LogP contribution in [0.25, 0.3) is 0 Å². The van der Waals surface area contributed by atoms with E-state index in [0.29, 0.717) is 36.1 Å². The maximum Gasteiger partial charge on any atom is 0.135 e. The minimum atomic E-state index is 0.349. The fourth-order valence-electron chi connectivity index (χ4n) is 4.42. The first-order valence-corrected chi connectivity index (χ1v) is 9.89. The van der Waals surface area contributed by atoms with Gasteiger partial charge in [-0.25, -0.2) is 0 Å². The van der Waals surface area contributed by atoms with Gasteiger partial charge in [0.05, 0.1) is 12.2 Å². The van der Waals surface area contributed by atoms with Crippen molar-refractivity contribution in [2.24, 2.45) is 5.92 Å². The number of nitrogens with zero attached hydrogens (tertiary/aromatic N) is 3. The second-order valence-corrected chi connectivity index (χ2v) is 8.00. The van der Waals surface area contributed by atoms with Crippen molar-refractivity contribution < 1.29 is 4.79 Å². The second kappa shape index (κ2) is 7.81. The van der Waals surface area contributed by atoms with Crippen LogP contribution in [-0.2, 0) is 4.79 Å². The Labute approximate surface area is 146 Å². The van der Waals surface area contributed by atoms with Crippen LogP contribution in [0.5, 0.6) is 0 Å². The smallest absolute Gasteiger partial charge is 0.135 e. The van der Waals surface area contributed by atoms with E-state index in [2.05, 4.69) is 34.7 Å². The normalized spacial score (nSPS) is 26.8. The van der Waals surface area contributed by atoms with E-state index in [-0.39, 0.29) is 0 Å². The molecule has 134 valence electrons. The van der Waals surface area contributed by atoms with E-state index in [9.17, 15) is 4.79 Å². The number of aromatic nitrogens is 2. The summed E-state index contributed by atoms with van der Waals surface area (Å²) in [6.07, 6.45) is 12.0. The Balaban J connectivity index is 1.48. The molecule has 0 aromatic carbocycles. The van der Waals surface area contributed by atoms with Gasteiger partial charge in [0.15, 0.2) is 0 Å². The van der Waals surface area contributed by atoms with Gasteiger partial charge >= 0.3 is 0 Å². The number of rotatable bonds is 5. The van der Waals surface area contributed by atoms with Gasteiger partial charge in [0, 0.05) is 37.7 Å². The number of Topliss-reactive ketones (excluding diaryl/α,β-unsaturated/α-hetero) is 1. The van der Waals surface area contributed by atoms with Crippen LogP contribution >= 0.6 is 0 Å². The van der Waals surface area contributed by atoms with Gasteiger partial charge in [0.2, 0.25) is 0 Å². The molecule has 4 heteroatoms. The Bertz CT molecular complexity index is 535. The van der Waals surface area contributed by atoms with Gasteiger partial charge in [-0.15, -0.1) is 0 Å². The van der Waals surface area contributed by atoms with E-state index in [1.807, 2.05) is 13.1 Å².